The molecule has 0 N–H and O–H groups in total. The van der Waals surface area contributed by atoms with Crippen molar-refractivity contribution in [2.24, 2.45) is 22.7 Å². The maximum absolute atomic E-state index is 12.7. The Balaban J connectivity index is 1.84. The normalized spacial score (nSPS) is 38.7. The molecular weight excluding hydrogens is 304 g/mol. The standard InChI is InChI=1S/C20H22O4/c1-13-3-7-20-14(2)9-16(21)10-17(20)19(13,12-24-18(20)22)6-4-15-5-8-23-11-15/h4-6,8-9,11,13,17H,3,7,10,12H2,1-2H3/b6-4-/t13-,17-,19+,20+/m1/s1. The number of allylic oxidation sites excluding steroid dienone is 1. The topological polar surface area (TPSA) is 56.5 Å². The Morgan fingerprint density at radius 2 is 2.17 bits per heavy atom. The summed E-state index contributed by atoms with van der Waals surface area (Å²) in [4.78, 5) is 25.0. The third-order valence-electron chi connectivity index (χ3n) is 6.57. The molecule has 1 aromatic rings. The molecule has 24 heavy (non-hydrogen) atoms. The number of rotatable bonds is 2. The molecule has 1 aromatic heterocycles. The first kappa shape index (κ1) is 15.4. The van der Waals surface area contributed by atoms with Crippen LogP contribution in [0.4, 0.5) is 0 Å². The number of carbonyl (C=O) groups excluding carboxylic acids is 2. The molecule has 4 heteroatoms. The van der Waals surface area contributed by atoms with Crippen molar-refractivity contribution in [3.05, 3.63) is 41.9 Å². The van der Waals surface area contributed by atoms with Gasteiger partial charge in [0.1, 0.15) is 6.61 Å². The van der Waals surface area contributed by atoms with Gasteiger partial charge in [0.15, 0.2) is 5.78 Å². The summed E-state index contributed by atoms with van der Waals surface area (Å²) >= 11 is 0. The van der Waals surface area contributed by atoms with E-state index in [0.717, 1.165) is 24.0 Å². The van der Waals surface area contributed by atoms with E-state index in [0.29, 0.717) is 18.9 Å². The minimum absolute atomic E-state index is 0.0179. The van der Waals surface area contributed by atoms with Gasteiger partial charge in [-0.1, -0.05) is 24.6 Å². The molecule has 1 aliphatic heterocycles. The van der Waals surface area contributed by atoms with Crippen molar-refractivity contribution in [3.63, 3.8) is 0 Å². The van der Waals surface area contributed by atoms with E-state index in [2.05, 4.69) is 13.0 Å². The predicted octanol–water partition coefficient (Wildman–Crippen LogP) is 3.79. The zero-order chi connectivity index (χ0) is 16.9. The molecule has 0 amide bonds. The smallest absolute Gasteiger partial charge is 0.316 e. The highest BCUT2D eigenvalue weighted by molar-refractivity contribution is 5.96. The van der Waals surface area contributed by atoms with Gasteiger partial charge in [0, 0.05) is 17.4 Å². The molecule has 0 aromatic carbocycles. The summed E-state index contributed by atoms with van der Waals surface area (Å²) in [6.07, 6.45) is 11.3. The number of ketones is 1. The summed E-state index contributed by atoms with van der Waals surface area (Å²) < 4.78 is 10.8. The molecule has 4 rings (SSSR count). The quantitative estimate of drug-likeness (QED) is 0.776. The lowest BCUT2D eigenvalue weighted by atomic mass is 9.45. The van der Waals surface area contributed by atoms with E-state index in [1.165, 1.54) is 0 Å². The summed E-state index contributed by atoms with van der Waals surface area (Å²) in [6, 6.07) is 1.90. The lowest BCUT2D eigenvalue weighted by Crippen LogP contribution is -2.62. The minimum Gasteiger partial charge on any atom is -0.472 e. The van der Waals surface area contributed by atoms with Gasteiger partial charge >= 0.3 is 5.97 Å². The summed E-state index contributed by atoms with van der Waals surface area (Å²) in [6.45, 7) is 4.48. The number of cyclic esters (lactones) is 1. The molecule has 1 saturated heterocycles. The van der Waals surface area contributed by atoms with Crippen LogP contribution in [0.1, 0.15) is 38.7 Å². The summed E-state index contributed by atoms with van der Waals surface area (Å²) in [5.41, 5.74) is 0.939. The third-order valence-corrected chi connectivity index (χ3v) is 6.57. The van der Waals surface area contributed by atoms with Crippen LogP contribution in [0.5, 0.6) is 0 Å². The minimum atomic E-state index is -0.626. The van der Waals surface area contributed by atoms with E-state index >= 15 is 0 Å². The van der Waals surface area contributed by atoms with Crippen LogP contribution in [0.25, 0.3) is 6.08 Å². The van der Waals surface area contributed by atoms with Gasteiger partial charge in [-0.2, -0.15) is 0 Å². The van der Waals surface area contributed by atoms with Gasteiger partial charge in [0.2, 0.25) is 0 Å². The average molecular weight is 326 g/mol. The lowest BCUT2D eigenvalue weighted by molar-refractivity contribution is -0.193. The van der Waals surface area contributed by atoms with Crippen LogP contribution in [0, 0.1) is 22.7 Å². The first-order chi connectivity index (χ1) is 11.5. The molecule has 4 nitrogen and oxygen atoms in total. The Morgan fingerprint density at radius 3 is 2.92 bits per heavy atom. The van der Waals surface area contributed by atoms with Crippen molar-refractivity contribution < 1.29 is 18.7 Å². The highest BCUT2D eigenvalue weighted by atomic mass is 16.5. The second-order valence-electron chi connectivity index (χ2n) is 7.54. The second-order valence-corrected chi connectivity index (χ2v) is 7.54. The van der Waals surface area contributed by atoms with Gasteiger partial charge in [0.25, 0.3) is 0 Å². The molecule has 0 unspecified atom stereocenters. The van der Waals surface area contributed by atoms with Crippen molar-refractivity contribution in [2.75, 3.05) is 6.61 Å². The number of hydrogen-bond acceptors (Lipinski definition) is 4. The molecule has 126 valence electrons. The molecule has 2 aliphatic carbocycles. The molecule has 3 aliphatic rings. The van der Waals surface area contributed by atoms with Crippen LogP contribution in [0.15, 0.2) is 40.7 Å². The van der Waals surface area contributed by atoms with E-state index in [-0.39, 0.29) is 23.1 Å². The van der Waals surface area contributed by atoms with Crippen LogP contribution >= 0.6 is 0 Å². The fourth-order valence-electron chi connectivity index (χ4n) is 5.07. The van der Waals surface area contributed by atoms with Gasteiger partial charge in [-0.25, -0.2) is 0 Å². The Bertz CT molecular complexity index is 742. The molecule has 2 fully saturated rings. The molecule has 1 saturated carbocycles. The zero-order valence-corrected chi connectivity index (χ0v) is 14.1. The van der Waals surface area contributed by atoms with Crippen LogP contribution in [0.3, 0.4) is 0 Å². The highest BCUT2D eigenvalue weighted by Gasteiger charge is 2.65. The lowest BCUT2D eigenvalue weighted by Gasteiger charge is -2.59. The van der Waals surface area contributed by atoms with Crippen molar-refractivity contribution in [3.8, 4) is 0 Å². The molecule has 0 radical (unpaired) electrons. The van der Waals surface area contributed by atoms with E-state index in [1.54, 1.807) is 18.6 Å². The van der Waals surface area contributed by atoms with Crippen molar-refractivity contribution in [1.29, 1.82) is 0 Å². The maximum atomic E-state index is 12.7. The van der Waals surface area contributed by atoms with Crippen LogP contribution in [-0.2, 0) is 14.3 Å². The van der Waals surface area contributed by atoms with E-state index < -0.39 is 5.41 Å². The highest BCUT2D eigenvalue weighted by Crippen LogP contribution is 2.63. The Morgan fingerprint density at radius 1 is 1.33 bits per heavy atom. The molecule has 2 bridgehead atoms. The largest absolute Gasteiger partial charge is 0.472 e. The van der Waals surface area contributed by atoms with Crippen LogP contribution in [-0.4, -0.2) is 18.4 Å². The predicted molar refractivity (Wildman–Crippen MR) is 88.8 cm³/mol. The monoisotopic (exact) mass is 326 g/mol. The fraction of sp³-hybridized carbons (Fsp3) is 0.500. The van der Waals surface area contributed by atoms with Gasteiger partial charge in [-0.05, 0) is 43.7 Å². The van der Waals surface area contributed by atoms with Gasteiger partial charge in [-0.15, -0.1) is 0 Å². The summed E-state index contributed by atoms with van der Waals surface area (Å²) in [7, 11) is 0. The first-order valence-electron chi connectivity index (χ1n) is 8.59. The van der Waals surface area contributed by atoms with Gasteiger partial charge in [-0.3, -0.25) is 9.59 Å². The maximum Gasteiger partial charge on any atom is 0.316 e. The fourth-order valence-corrected chi connectivity index (χ4v) is 5.07. The number of esters is 1. The molecule has 4 atom stereocenters. The van der Waals surface area contributed by atoms with Gasteiger partial charge in [0.05, 0.1) is 17.9 Å². The first-order valence-corrected chi connectivity index (χ1v) is 8.59. The SMILES string of the molecule is CC1=CC(=O)C[C@H]2[C@]13CC[C@@H](C)[C@]2(/C=C\c1ccoc1)COC3=O. The van der Waals surface area contributed by atoms with E-state index in [9.17, 15) is 9.59 Å². The van der Waals surface area contributed by atoms with Crippen LogP contribution in [0.2, 0.25) is 0 Å². The van der Waals surface area contributed by atoms with Gasteiger partial charge < -0.3 is 9.15 Å². The summed E-state index contributed by atoms with van der Waals surface area (Å²) in [5.74, 6) is 0.312. The van der Waals surface area contributed by atoms with Crippen molar-refractivity contribution in [2.45, 2.75) is 33.1 Å². The number of carbonyl (C=O) groups is 2. The third kappa shape index (κ3) is 1.92. The Kier molecular flexibility index (Phi) is 3.34. The number of furan rings is 1. The number of hydrogen-bond donors (Lipinski definition) is 0. The second kappa shape index (κ2) is 5.20. The Hall–Kier alpha value is -2.10. The summed E-state index contributed by atoms with van der Waals surface area (Å²) in [5, 5.41) is 0. The van der Waals surface area contributed by atoms with Crippen molar-refractivity contribution in [1.82, 2.24) is 0 Å². The average Bonchev–Trinajstić information content (AvgIpc) is 3.06. The van der Waals surface area contributed by atoms with E-state index in [4.69, 9.17) is 9.15 Å². The molecular formula is C20H22O4. The van der Waals surface area contributed by atoms with Crippen molar-refractivity contribution >= 4 is 17.8 Å². The van der Waals surface area contributed by atoms with E-state index in [1.807, 2.05) is 19.1 Å². The Labute approximate surface area is 141 Å². The van der Waals surface area contributed by atoms with Crippen LogP contribution < -0.4 is 0 Å². The number of ether oxygens (including phenoxy) is 1. The zero-order valence-electron chi connectivity index (χ0n) is 14.1. The molecule has 0 spiro atoms. The molecule has 2 heterocycles.